The van der Waals surface area contributed by atoms with Crippen LogP contribution < -0.4 is 10.5 Å². The molecular formula is C17H27NO3. The number of benzene rings is 1. The molecule has 0 bridgehead atoms. The molecule has 1 aromatic rings. The highest BCUT2D eigenvalue weighted by atomic mass is 16.5. The van der Waals surface area contributed by atoms with Crippen LogP contribution in [0.3, 0.4) is 0 Å². The van der Waals surface area contributed by atoms with Gasteiger partial charge >= 0.3 is 5.97 Å². The summed E-state index contributed by atoms with van der Waals surface area (Å²) in [6.45, 7) is 6.33. The summed E-state index contributed by atoms with van der Waals surface area (Å²) in [7, 11) is 0. The molecule has 2 N–H and O–H groups in total. The number of nitrogens with two attached hydrogens (primary N) is 1. The van der Waals surface area contributed by atoms with Crippen LogP contribution in [0.1, 0.15) is 63.2 Å². The van der Waals surface area contributed by atoms with Gasteiger partial charge in [0, 0.05) is 0 Å². The number of unbranched alkanes of at least 4 members (excludes halogenated alkanes) is 3. The van der Waals surface area contributed by atoms with Gasteiger partial charge in [-0.05, 0) is 38.8 Å². The van der Waals surface area contributed by atoms with Crippen LogP contribution in [0.4, 0.5) is 5.69 Å². The van der Waals surface area contributed by atoms with Crippen LogP contribution in [0.2, 0.25) is 0 Å². The number of hydrogen-bond donors (Lipinski definition) is 1. The van der Waals surface area contributed by atoms with Crippen molar-refractivity contribution in [1.29, 1.82) is 0 Å². The zero-order valence-electron chi connectivity index (χ0n) is 13.4. The minimum absolute atomic E-state index is 0.0848. The van der Waals surface area contributed by atoms with Gasteiger partial charge in [-0.25, -0.2) is 4.79 Å². The molecule has 0 spiro atoms. The van der Waals surface area contributed by atoms with Gasteiger partial charge in [0.1, 0.15) is 5.75 Å². The number of hydrogen-bond acceptors (Lipinski definition) is 4. The quantitative estimate of drug-likeness (QED) is 0.421. The first-order chi connectivity index (χ1) is 10.1. The minimum atomic E-state index is -0.406. The number of nitrogen functional groups attached to an aromatic ring is 1. The highest BCUT2D eigenvalue weighted by Crippen LogP contribution is 2.27. The van der Waals surface area contributed by atoms with Crippen molar-refractivity contribution >= 4 is 11.7 Å². The van der Waals surface area contributed by atoms with Crippen LogP contribution in [-0.2, 0) is 4.74 Å². The second-order valence-electron chi connectivity index (χ2n) is 5.22. The summed E-state index contributed by atoms with van der Waals surface area (Å²) in [5.41, 5.74) is 6.74. The van der Waals surface area contributed by atoms with Crippen LogP contribution in [0.25, 0.3) is 0 Å². The van der Waals surface area contributed by atoms with Crippen LogP contribution in [0, 0.1) is 0 Å². The van der Waals surface area contributed by atoms with E-state index in [2.05, 4.69) is 6.92 Å². The fraction of sp³-hybridized carbons (Fsp3) is 0.588. The average molecular weight is 293 g/mol. The lowest BCUT2D eigenvalue weighted by molar-refractivity contribution is 0.0527. The predicted molar refractivity (Wildman–Crippen MR) is 85.7 cm³/mol. The van der Waals surface area contributed by atoms with Crippen molar-refractivity contribution in [2.24, 2.45) is 0 Å². The summed E-state index contributed by atoms with van der Waals surface area (Å²) < 4.78 is 10.8. The number of anilines is 1. The molecule has 0 saturated heterocycles. The fourth-order valence-corrected chi connectivity index (χ4v) is 2.17. The number of rotatable bonds is 9. The summed E-state index contributed by atoms with van der Waals surface area (Å²) in [6.07, 6.45) is 5.93. The minimum Gasteiger partial charge on any atom is -0.489 e. The van der Waals surface area contributed by atoms with Crippen LogP contribution in [0.15, 0.2) is 18.2 Å². The van der Waals surface area contributed by atoms with E-state index in [1.54, 1.807) is 25.1 Å². The van der Waals surface area contributed by atoms with E-state index in [4.69, 9.17) is 15.2 Å². The van der Waals surface area contributed by atoms with Crippen molar-refractivity contribution in [2.45, 2.75) is 59.0 Å². The Morgan fingerprint density at radius 3 is 2.67 bits per heavy atom. The summed E-state index contributed by atoms with van der Waals surface area (Å²) in [6, 6.07) is 5.22. The molecule has 0 aliphatic heterocycles. The Morgan fingerprint density at radius 1 is 1.24 bits per heavy atom. The van der Waals surface area contributed by atoms with E-state index in [1.165, 1.54) is 19.3 Å². The Balaban J connectivity index is 2.62. The number of esters is 1. The third-order valence-corrected chi connectivity index (χ3v) is 3.35. The molecule has 0 radical (unpaired) electrons. The second kappa shape index (κ2) is 9.27. The third-order valence-electron chi connectivity index (χ3n) is 3.35. The Bertz CT molecular complexity index is 446. The number of ether oxygens (including phenoxy) is 2. The molecular weight excluding hydrogens is 266 g/mol. The molecule has 0 heterocycles. The van der Waals surface area contributed by atoms with Crippen molar-refractivity contribution in [3.05, 3.63) is 23.8 Å². The molecule has 4 nitrogen and oxygen atoms in total. The molecule has 1 aromatic carbocycles. The van der Waals surface area contributed by atoms with Crippen LogP contribution in [0.5, 0.6) is 5.75 Å². The SMILES string of the molecule is CCCCCCC(C)Oc1cccc(C(=O)OCC)c1N. The van der Waals surface area contributed by atoms with E-state index in [0.717, 1.165) is 12.8 Å². The largest absolute Gasteiger partial charge is 0.489 e. The van der Waals surface area contributed by atoms with E-state index in [1.807, 2.05) is 6.92 Å². The maximum Gasteiger partial charge on any atom is 0.340 e. The van der Waals surface area contributed by atoms with Crippen LogP contribution in [-0.4, -0.2) is 18.7 Å². The van der Waals surface area contributed by atoms with Gasteiger partial charge in [0.2, 0.25) is 0 Å². The van der Waals surface area contributed by atoms with Gasteiger partial charge < -0.3 is 15.2 Å². The van der Waals surface area contributed by atoms with E-state index in [0.29, 0.717) is 23.6 Å². The molecule has 4 heteroatoms. The lowest BCUT2D eigenvalue weighted by Gasteiger charge is -2.17. The van der Waals surface area contributed by atoms with Gasteiger partial charge in [0.25, 0.3) is 0 Å². The predicted octanol–water partition coefficient (Wildman–Crippen LogP) is 4.18. The smallest absolute Gasteiger partial charge is 0.340 e. The monoisotopic (exact) mass is 293 g/mol. The highest BCUT2D eigenvalue weighted by molar-refractivity contribution is 5.96. The zero-order valence-corrected chi connectivity index (χ0v) is 13.4. The first-order valence-corrected chi connectivity index (χ1v) is 7.82. The summed E-state index contributed by atoms with van der Waals surface area (Å²) in [5.74, 6) is 0.152. The van der Waals surface area contributed by atoms with Crippen molar-refractivity contribution in [2.75, 3.05) is 12.3 Å². The lowest BCUT2D eigenvalue weighted by Crippen LogP contribution is -2.14. The first-order valence-electron chi connectivity index (χ1n) is 7.82. The number of para-hydroxylation sites is 1. The van der Waals surface area contributed by atoms with Crippen molar-refractivity contribution in [1.82, 2.24) is 0 Å². The molecule has 1 atom stereocenters. The summed E-state index contributed by atoms with van der Waals surface area (Å²) in [4.78, 5) is 11.8. The van der Waals surface area contributed by atoms with E-state index in [-0.39, 0.29) is 6.10 Å². The van der Waals surface area contributed by atoms with E-state index in [9.17, 15) is 4.79 Å². The van der Waals surface area contributed by atoms with Gasteiger partial charge in [0.15, 0.2) is 0 Å². The maximum atomic E-state index is 11.8. The topological polar surface area (TPSA) is 61.5 Å². The molecule has 1 unspecified atom stereocenters. The average Bonchev–Trinajstić information content (AvgIpc) is 2.46. The molecule has 0 aliphatic rings. The molecule has 0 fully saturated rings. The zero-order chi connectivity index (χ0) is 15.7. The number of carbonyl (C=O) groups is 1. The highest BCUT2D eigenvalue weighted by Gasteiger charge is 2.15. The molecule has 0 saturated carbocycles. The Hall–Kier alpha value is -1.71. The van der Waals surface area contributed by atoms with Gasteiger partial charge in [-0.15, -0.1) is 0 Å². The fourth-order valence-electron chi connectivity index (χ4n) is 2.17. The Kier molecular flexibility index (Phi) is 7.65. The first kappa shape index (κ1) is 17.3. The molecule has 0 amide bonds. The van der Waals surface area contributed by atoms with Crippen molar-refractivity contribution in [3.8, 4) is 5.75 Å². The lowest BCUT2D eigenvalue weighted by atomic mass is 10.1. The van der Waals surface area contributed by atoms with Crippen molar-refractivity contribution < 1.29 is 14.3 Å². The van der Waals surface area contributed by atoms with Gasteiger partial charge in [-0.2, -0.15) is 0 Å². The van der Waals surface area contributed by atoms with Gasteiger partial charge in [0.05, 0.1) is 24.0 Å². The van der Waals surface area contributed by atoms with E-state index >= 15 is 0 Å². The normalized spacial score (nSPS) is 12.0. The molecule has 21 heavy (non-hydrogen) atoms. The summed E-state index contributed by atoms with van der Waals surface area (Å²) >= 11 is 0. The standard InChI is InChI=1S/C17H27NO3/c1-4-6-7-8-10-13(3)21-15-12-9-11-14(16(15)18)17(19)20-5-2/h9,11-13H,4-8,10,18H2,1-3H3. The summed E-state index contributed by atoms with van der Waals surface area (Å²) in [5, 5.41) is 0. The van der Waals surface area contributed by atoms with Gasteiger partial charge in [-0.3, -0.25) is 0 Å². The van der Waals surface area contributed by atoms with Crippen LogP contribution >= 0.6 is 0 Å². The van der Waals surface area contributed by atoms with Crippen molar-refractivity contribution in [3.63, 3.8) is 0 Å². The maximum absolute atomic E-state index is 11.8. The number of carbonyl (C=O) groups excluding carboxylic acids is 1. The molecule has 0 aliphatic carbocycles. The Morgan fingerprint density at radius 2 is 2.00 bits per heavy atom. The molecule has 1 rings (SSSR count). The van der Waals surface area contributed by atoms with Gasteiger partial charge in [-0.1, -0.05) is 32.3 Å². The van der Waals surface area contributed by atoms with E-state index < -0.39 is 5.97 Å². The molecule has 118 valence electrons. The molecule has 0 aromatic heterocycles. The Labute approximate surface area is 127 Å². The third kappa shape index (κ3) is 5.66. The second-order valence-corrected chi connectivity index (χ2v) is 5.22.